The van der Waals surface area contributed by atoms with Crippen LogP contribution in [0.2, 0.25) is 5.02 Å². The Bertz CT molecular complexity index is 1240. The van der Waals surface area contributed by atoms with Crippen LogP contribution in [0.3, 0.4) is 0 Å². The van der Waals surface area contributed by atoms with Crippen molar-refractivity contribution in [1.29, 1.82) is 5.41 Å². The highest BCUT2D eigenvalue weighted by Crippen LogP contribution is 2.38. The lowest BCUT2D eigenvalue weighted by molar-refractivity contribution is -0.114. The van der Waals surface area contributed by atoms with Crippen molar-refractivity contribution >= 4 is 51.4 Å². The van der Waals surface area contributed by atoms with E-state index < -0.39 is 5.91 Å². The average Bonchev–Trinajstić information content (AvgIpc) is 3.21. The minimum atomic E-state index is -0.533. The van der Waals surface area contributed by atoms with Gasteiger partial charge in [-0.2, -0.15) is 15.1 Å². The molecule has 0 unspecified atom stereocenters. The van der Waals surface area contributed by atoms with Crippen molar-refractivity contribution in [3.05, 3.63) is 63.9 Å². The van der Waals surface area contributed by atoms with Gasteiger partial charge in [0.25, 0.3) is 5.91 Å². The van der Waals surface area contributed by atoms with Gasteiger partial charge in [0.15, 0.2) is 17.3 Å². The number of nitrogens with one attached hydrogen (secondary N) is 1. The SMILES string of the molecule is COc1cc(/C=C2\C(=N)N3N=C(C(C)C)SC3=NC2=O)cc(Cl)c1OCc1ccccc1F. The fourth-order valence-electron chi connectivity index (χ4n) is 3.14. The molecule has 2 aromatic rings. The summed E-state index contributed by atoms with van der Waals surface area (Å²) in [5.41, 5.74) is 0.967. The highest BCUT2D eigenvalue weighted by Gasteiger charge is 2.36. The van der Waals surface area contributed by atoms with Crippen LogP contribution in [-0.4, -0.2) is 34.1 Å². The van der Waals surface area contributed by atoms with Gasteiger partial charge in [0.2, 0.25) is 5.17 Å². The number of amidine groups is 2. The quantitative estimate of drug-likeness (QED) is 0.557. The van der Waals surface area contributed by atoms with Crippen LogP contribution in [0.15, 0.2) is 52.1 Å². The number of benzene rings is 2. The number of hydrogen-bond acceptors (Lipinski definition) is 6. The number of nitrogens with zero attached hydrogens (tertiary/aromatic N) is 3. The Morgan fingerprint density at radius 2 is 2.06 bits per heavy atom. The second kappa shape index (κ2) is 9.36. The second-order valence-corrected chi connectivity index (χ2v) is 8.92. The molecular formula is C23H20ClFN4O3S. The molecule has 2 aromatic carbocycles. The van der Waals surface area contributed by atoms with Gasteiger partial charge in [-0.05, 0) is 41.6 Å². The summed E-state index contributed by atoms with van der Waals surface area (Å²) in [5.74, 6) is -0.277. The molecule has 4 rings (SSSR count). The number of thioether (sulfide) groups is 1. The number of rotatable bonds is 6. The fraction of sp³-hybridized carbons (Fsp3) is 0.217. The Labute approximate surface area is 199 Å². The van der Waals surface area contributed by atoms with Crippen molar-refractivity contribution in [3.8, 4) is 11.5 Å². The molecule has 0 bridgehead atoms. The number of methoxy groups -OCH3 is 1. The van der Waals surface area contributed by atoms with Crippen molar-refractivity contribution in [2.45, 2.75) is 20.5 Å². The van der Waals surface area contributed by atoms with Crippen LogP contribution in [0, 0.1) is 17.1 Å². The van der Waals surface area contributed by atoms with Gasteiger partial charge in [0.05, 0.1) is 17.7 Å². The van der Waals surface area contributed by atoms with Crippen molar-refractivity contribution in [2.75, 3.05) is 7.11 Å². The molecule has 0 fully saturated rings. The van der Waals surface area contributed by atoms with Crippen LogP contribution in [0.5, 0.6) is 11.5 Å². The number of halogens is 2. The maximum absolute atomic E-state index is 13.9. The molecule has 170 valence electrons. The van der Waals surface area contributed by atoms with Crippen molar-refractivity contribution in [1.82, 2.24) is 5.01 Å². The summed E-state index contributed by atoms with van der Waals surface area (Å²) in [6.45, 7) is 3.93. The molecule has 0 saturated carbocycles. The predicted octanol–water partition coefficient (Wildman–Crippen LogP) is 5.34. The second-order valence-electron chi connectivity index (χ2n) is 7.53. The molecule has 0 radical (unpaired) electrons. The number of ether oxygens (including phenoxy) is 2. The number of carbonyl (C=O) groups is 1. The van der Waals surface area contributed by atoms with Gasteiger partial charge in [0, 0.05) is 11.5 Å². The van der Waals surface area contributed by atoms with Gasteiger partial charge >= 0.3 is 0 Å². The zero-order valence-electron chi connectivity index (χ0n) is 18.1. The Kier molecular flexibility index (Phi) is 6.53. The maximum atomic E-state index is 13.9. The summed E-state index contributed by atoms with van der Waals surface area (Å²) < 4.78 is 25.0. The third kappa shape index (κ3) is 4.65. The predicted molar refractivity (Wildman–Crippen MR) is 129 cm³/mol. The van der Waals surface area contributed by atoms with E-state index in [1.54, 1.807) is 30.3 Å². The zero-order chi connectivity index (χ0) is 23.7. The van der Waals surface area contributed by atoms with Crippen molar-refractivity contribution in [3.63, 3.8) is 0 Å². The summed E-state index contributed by atoms with van der Waals surface area (Å²) >= 11 is 7.71. The lowest BCUT2D eigenvalue weighted by Gasteiger charge is -2.20. The number of aliphatic imine (C=N–C) groups is 1. The van der Waals surface area contributed by atoms with Crippen LogP contribution in [0.25, 0.3) is 6.08 Å². The molecule has 0 aliphatic carbocycles. The van der Waals surface area contributed by atoms with E-state index in [9.17, 15) is 9.18 Å². The highest BCUT2D eigenvalue weighted by molar-refractivity contribution is 8.27. The number of carbonyl (C=O) groups excluding carboxylic acids is 1. The Hall–Kier alpha value is -3.17. The van der Waals surface area contributed by atoms with E-state index >= 15 is 0 Å². The zero-order valence-corrected chi connectivity index (χ0v) is 19.6. The molecule has 7 nitrogen and oxygen atoms in total. The number of hydrazone groups is 1. The van der Waals surface area contributed by atoms with Crippen LogP contribution < -0.4 is 9.47 Å². The van der Waals surface area contributed by atoms with Crippen LogP contribution >= 0.6 is 23.4 Å². The molecule has 1 N–H and O–H groups in total. The Morgan fingerprint density at radius 3 is 2.76 bits per heavy atom. The van der Waals surface area contributed by atoms with E-state index in [-0.39, 0.29) is 40.5 Å². The third-order valence-electron chi connectivity index (χ3n) is 4.86. The van der Waals surface area contributed by atoms with Crippen molar-refractivity contribution in [2.24, 2.45) is 16.0 Å². The standard InChI is InChI=1S/C23H20ClFN4O3S/c1-12(2)22-28-29-20(26)15(21(30)27-23(29)33-22)8-13-9-16(24)19(18(10-13)31-3)32-11-14-6-4-5-7-17(14)25/h4-10,12,26H,11H2,1-3H3/b15-8+,26-20?. The van der Waals surface area contributed by atoms with Crippen LogP contribution in [-0.2, 0) is 11.4 Å². The first-order valence-corrected chi connectivity index (χ1v) is 11.2. The molecule has 0 spiro atoms. The topological polar surface area (TPSA) is 87.3 Å². The first kappa shape index (κ1) is 23.0. The third-order valence-corrected chi connectivity index (χ3v) is 6.35. The van der Waals surface area contributed by atoms with Gasteiger partial charge < -0.3 is 9.47 Å². The van der Waals surface area contributed by atoms with Crippen LogP contribution in [0.1, 0.15) is 25.0 Å². The van der Waals surface area contributed by atoms with E-state index in [2.05, 4.69) is 10.1 Å². The maximum Gasteiger partial charge on any atom is 0.283 e. The lowest BCUT2D eigenvalue weighted by Crippen LogP contribution is -2.35. The summed E-state index contributed by atoms with van der Waals surface area (Å²) in [6, 6.07) is 9.48. The first-order chi connectivity index (χ1) is 15.8. The van der Waals surface area contributed by atoms with Crippen molar-refractivity contribution < 1.29 is 18.7 Å². The van der Waals surface area contributed by atoms with E-state index in [0.29, 0.717) is 22.0 Å². The molecule has 0 atom stereocenters. The molecule has 1 amide bonds. The van der Waals surface area contributed by atoms with Gasteiger partial charge in [-0.25, -0.2) is 4.39 Å². The summed E-state index contributed by atoms with van der Waals surface area (Å²) in [4.78, 5) is 16.7. The summed E-state index contributed by atoms with van der Waals surface area (Å²) in [5, 5.41) is 15.6. The minimum absolute atomic E-state index is 0.0351. The molecule has 0 aromatic heterocycles. The average molecular weight is 487 g/mol. The summed E-state index contributed by atoms with van der Waals surface area (Å²) in [7, 11) is 1.45. The summed E-state index contributed by atoms with van der Waals surface area (Å²) in [6.07, 6.45) is 1.51. The molecule has 2 aliphatic rings. The molecule has 33 heavy (non-hydrogen) atoms. The Balaban J connectivity index is 1.62. The van der Waals surface area contributed by atoms with E-state index in [0.717, 1.165) is 5.04 Å². The highest BCUT2D eigenvalue weighted by atomic mass is 35.5. The number of fused-ring (bicyclic) bond motifs is 1. The van der Waals surface area contributed by atoms with Crippen LogP contribution in [0.4, 0.5) is 4.39 Å². The van der Waals surface area contributed by atoms with E-state index in [4.69, 9.17) is 26.5 Å². The van der Waals surface area contributed by atoms with Gasteiger partial charge in [-0.1, -0.05) is 43.6 Å². The van der Waals surface area contributed by atoms with Gasteiger partial charge in [-0.3, -0.25) is 10.2 Å². The number of amides is 1. The fourth-order valence-corrected chi connectivity index (χ4v) is 4.30. The van der Waals surface area contributed by atoms with E-state index in [1.165, 1.54) is 36.0 Å². The van der Waals surface area contributed by atoms with Gasteiger partial charge in [-0.15, -0.1) is 0 Å². The normalized spacial score (nSPS) is 16.8. The van der Waals surface area contributed by atoms with Gasteiger partial charge in [0.1, 0.15) is 17.5 Å². The molecule has 2 aliphatic heterocycles. The van der Waals surface area contributed by atoms with E-state index in [1.807, 2.05) is 13.8 Å². The smallest absolute Gasteiger partial charge is 0.283 e. The lowest BCUT2D eigenvalue weighted by atomic mass is 10.1. The molecule has 2 heterocycles. The monoisotopic (exact) mass is 486 g/mol. The minimum Gasteiger partial charge on any atom is -0.493 e. The molecule has 10 heteroatoms. The Morgan fingerprint density at radius 1 is 1.30 bits per heavy atom. The largest absolute Gasteiger partial charge is 0.493 e. The first-order valence-electron chi connectivity index (χ1n) is 10.0. The number of hydrogen-bond donors (Lipinski definition) is 1. The molecule has 0 saturated heterocycles. The molecular weight excluding hydrogens is 467 g/mol.